The second-order valence-corrected chi connectivity index (χ2v) is 6.63. The van der Waals surface area contributed by atoms with Crippen molar-refractivity contribution in [2.75, 3.05) is 13.1 Å². The molecule has 0 aromatic carbocycles. The lowest BCUT2D eigenvalue weighted by molar-refractivity contribution is 0.184. The zero-order valence-corrected chi connectivity index (χ0v) is 14.0. The maximum absolute atomic E-state index is 12.3. The first kappa shape index (κ1) is 15.8. The van der Waals surface area contributed by atoms with Gasteiger partial charge >= 0.3 is 6.03 Å². The summed E-state index contributed by atoms with van der Waals surface area (Å²) in [5.74, 6) is 0.755. The number of nitrogens with one attached hydrogen (secondary N) is 1. The molecule has 1 N–H and O–H groups in total. The third kappa shape index (κ3) is 4.45. The zero-order valence-electron chi connectivity index (χ0n) is 13.1. The van der Waals surface area contributed by atoms with Crippen LogP contribution in [0, 0.1) is 0 Å². The Kier molecular flexibility index (Phi) is 5.12. The van der Waals surface area contributed by atoms with Gasteiger partial charge < -0.3 is 15.0 Å². The van der Waals surface area contributed by atoms with Crippen LogP contribution in [0.2, 0.25) is 0 Å². The zero-order chi connectivity index (χ0) is 16.1. The molecule has 3 rings (SSSR count). The molecular weight excluding hydrogens is 310 g/mol. The fourth-order valence-electron chi connectivity index (χ4n) is 2.73. The Morgan fingerprint density at radius 2 is 2.48 bits per heavy atom. The summed E-state index contributed by atoms with van der Waals surface area (Å²) in [7, 11) is 0. The molecule has 23 heavy (non-hydrogen) atoms. The van der Waals surface area contributed by atoms with Gasteiger partial charge in [-0.3, -0.25) is 4.98 Å². The second kappa shape index (κ2) is 7.46. The van der Waals surface area contributed by atoms with Crippen molar-refractivity contribution >= 4 is 17.4 Å². The van der Waals surface area contributed by atoms with Crippen LogP contribution in [0.1, 0.15) is 18.9 Å². The van der Waals surface area contributed by atoms with Crippen LogP contribution in [0.15, 0.2) is 41.4 Å². The van der Waals surface area contributed by atoms with Crippen LogP contribution in [0.5, 0.6) is 5.75 Å². The smallest absolute Gasteiger partial charge is 0.317 e. The molecule has 5 nitrogen and oxygen atoms in total. The van der Waals surface area contributed by atoms with Gasteiger partial charge in [0, 0.05) is 25.2 Å². The Labute approximate surface area is 140 Å². The average molecular weight is 331 g/mol. The molecule has 122 valence electrons. The fourth-order valence-corrected chi connectivity index (χ4v) is 3.42. The van der Waals surface area contributed by atoms with Crippen LogP contribution in [0.4, 0.5) is 4.79 Å². The molecule has 1 saturated heterocycles. The van der Waals surface area contributed by atoms with E-state index in [9.17, 15) is 4.79 Å². The minimum absolute atomic E-state index is 0.00924. The first-order chi connectivity index (χ1) is 11.2. The third-order valence-electron chi connectivity index (χ3n) is 3.86. The summed E-state index contributed by atoms with van der Waals surface area (Å²) in [5, 5.41) is 7.25. The van der Waals surface area contributed by atoms with Crippen LogP contribution in [-0.4, -0.2) is 41.2 Å². The molecule has 0 aliphatic carbocycles. The Balaban J connectivity index is 1.45. The standard InChI is InChI=1S/C17H21N3O2S/c1-13(9-14-5-8-23-12-14)19-17(21)20-7-4-16(11-20)22-15-3-2-6-18-10-15/h2-3,5-6,8,10,12-13,16H,4,7,9,11H2,1H3,(H,19,21)/t13-,16-/m0/s1. The number of hydrogen-bond donors (Lipinski definition) is 1. The number of likely N-dealkylation sites (tertiary alicyclic amines) is 1. The summed E-state index contributed by atoms with van der Waals surface area (Å²) in [6, 6.07) is 5.95. The number of aromatic nitrogens is 1. The van der Waals surface area contributed by atoms with E-state index in [-0.39, 0.29) is 18.2 Å². The Bertz CT molecular complexity index is 618. The molecule has 1 aliphatic heterocycles. The van der Waals surface area contributed by atoms with Crippen molar-refractivity contribution in [2.45, 2.75) is 31.9 Å². The number of nitrogens with zero attached hydrogens (tertiary/aromatic N) is 2. The van der Waals surface area contributed by atoms with Gasteiger partial charge in [0.1, 0.15) is 11.9 Å². The number of carbonyl (C=O) groups excluding carboxylic acids is 1. The Morgan fingerprint density at radius 1 is 1.57 bits per heavy atom. The van der Waals surface area contributed by atoms with E-state index < -0.39 is 0 Å². The molecule has 1 fully saturated rings. The molecule has 0 unspecified atom stereocenters. The van der Waals surface area contributed by atoms with Crippen molar-refractivity contribution < 1.29 is 9.53 Å². The first-order valence-corrected chi connectivity index (χ1v) is 8.78. The molecular formula is C17H21N3O2S. The summed E-state index contributed by atoms with van der Waals surface area (Å²) in [6.07, 6.45) is 5.17. The second-order valence-electron chi connectivity index (χ2n) is 5.85. The van der Waals surface area contributed by atoms with E-state index in [0.717, 1.165) is 25.1 Å². The number of thiophene rings is 1. The van der Waals surface area contributed by atoms with E-state index in [4.69, 9.17) is 4.74 Å². The van der Waals surface area contributed by atoms with Gasteiger partial charge in [0.25, 0.3) is 0 Å². The fraction of sp³-hybridized carbons (Fsp3) is 0.412. The SMILES string of the molecule is C[C@@H](Cc1ccsc1)NC(=O)N1CC[C@H](Oc2cccnc2)C1. The molecule has 2 aromatic heterocycles. The highest BCUT2D eigenvalue weighted by molar-refractivity contribution is 7.07. The number of pyridine rings is 1. The predicted octanol–water partition coefficient (Wildman–Crippen LogP) is 2.94. The number of carbonyl (C=O) groups is 1. The molecule has 0 bridgehead atoms. The van der Waals surface area contributed by atoms with Crippen molar-refractivity contribution in [2.24, 2.45) is 0 Å². The summed E-state index contributed by atoms with van der Waals surface area (Å²) in [6.45, 7) is 3.38. The van der Waals surface area contributed by atoms with Crippen molar-refractivity contribution in [3.05, 3.63) is 46.9 Å². The monoisotopic (exact) mass is 331 g/mol. The van der Waals surface area contributed by atoms with Crippen molar-refractivity contribution in [3.63, 3.8) is 0 Å². The van der Waals surface area contributed by atoms with Crippen LogP contribution >= 0.6 is 11.3 Å². The molecule has 2 aromatic rings. The predicted molar refractivity (Wildman–Crippen MR) is 90.9 cm³/mol. The van der Waals surface area contributed by atoms with Crippen molar-refractivity contribution in [1.29, 1.82) is 0 Å². The minimum Gasteiger partial charge on any atom is -0.487 e. The highest BCUT2D eigenvalue weighted by Crippen LogP contribution is 2.17. The summed E-state index contributed by atoms with van der Waals surface area (Å²) < 4.78 is 5.86. The quantitative estimate of drug-likeness (QED) is 0.916. The van der Waals surface area contributed by atoms with Gasteiger partial charge in [0.2, 0.25) is 0 Å². The van der Waals surface area contributed by atoms with Crippen LogP contribution < -0.4 is 10.1 Å². The van der Waals surface area contributed by atoms with E-state index in [0.29, 0.717) is 6.54 Å². The van der Waals surface area contributed by atoms with Gasteiger partial charge in [-0.1, -0.05) is 0 Å². The maximum Gasteiger partial charge on any atom is 0.317 e. The maximum atomic E-state index is 12.3. The Hall–Kier alpha value is -2.08. The highest BCUT2D eigenvalue weighted by Gasteiger charge is 2.28. The van der Waals surface area contributed by atoms with Crippen LogP contribution in [0.25, 0.3) is 0 Å². The largest absolute Gasteiger partial charge is 0.487 e. The number of ether oxygens (including phenoxy) is 1. The van der Waals surface area contributed by atoms with Gasteiger partial charge in [-0.05, 0) is 47.9 Å². The molecule has 1 aliphatic rings. The molecule has 6 heteroatoms. The van der Waals surface area contributed by atoms with Gasteiger partial charge in [-0.25, -0.2) is 4.79 Å². The summed E-state index contributed by atoms with van der Waals surface area (Å²) in [4.78, 5) is 18.2. The average Bonchev–Trinajstić information content (AvgIpc) is 3.20. The lowest BCUT2D eigenvalue weighted by Crippen LogP contribution is -2.44. The van der Waals surface area contributed by atoms with E-state index in [1.54, 1.807) is 23.7 Å². The first-order valence-electron chi connectivity index (χ1n) is 7.84. The van der Waals surface area contributed by atoms with Crippen molar-refractivity contribution in [1.82, 2.24) is 15.2 Å². The topological polar surface area (TPSA) is 54.5 Å². The van der Waals surface area contributed by atoms with Gasteiger partial charge in [-0.2, -0.15) is 11.3 Å². The molecule has 0 radical (unpaired) electrons. The van der Waals surface area contributed by atoms with E-state index >= 15 is 0 Å². The number of amides is 2. The number of hydrogen-bond acceptors (Lipinski definition) is 4. The minimum atomic E-state index is -0.00924. The van der Waals surface area contributed by atoms with Gasteiger partial charge in [-0.15, -0.1) is 0 Å². The van der Waals surface area contributed by atoms with Crippen LogP contribution in [-0.2, 0) is 6.42 Å². The highest BCUT2D eigenvalue weighted by atomic mass is 32.1. The van der Waals surface area contributed by atoms with E-state index in [1.807, 2.05) is 24.0 Å². The lowest BCUT2D eigenvalue weighted by Gasteiger charge is -2.21. The van der Waals surface area contributed by atoms with Gasteiger partial charge in [0.15, 0.2) is 0 Å². The van der Waals surface area contributed by atoms with Crippen molar-refractivity contribution in [3.8, 4) is 5.75 Å². The molecule has 0 saturated carbocycles. The number of rotatable bonds is 5. The van der Waals surface area contributed by atoms with E-state index in [1.165, 1.54) is 5.56 Å². The normalized spacial score (nSPS) is 18.7. The van der Waals surface area contributed by atoms with E-state index in [2.05, 4.69) is 27.1 Å². The molecule has 2 amide bonds. The van der Waals surface area contributed by atoms with Crippen LogP contribution in [0.3, 0.4) is 0 Å². The van der Waals surface area contributed by atoms with Gasteiger partial charge in [0.05, 0.1) is 12.7 Å². The molecule has 0 spiro atoms. The summed E-state index contributed by atoms with van der Waals surface area (Å²) in [5.41, 5.74) is 1.27. The molecule has 2 atom stereocenters. The lowest BCUT2D eigenvalue weighted by atomic mass is 10.1. The third-order valence-corrected chi connectivity index (χ3v) is 4.59. The molecule has 3 heterocycles. The Morgan fingerprint density at radius 3 is 3.22 bits per heavy atom. The summed E-state index contributed by atoms with van der Waals surface area (Å²) >= 11 is 1.68. The number of urea groups is 1.